The Kier molecular flexibility index (Phi) is 13.8. The van der Waals surface area contributed by atoms with Gasteiger partial charge in [-0.1, -0.05) is 25.7 Å². The van der Waals surface area contributed by atoms with Gasteiger partial charge in [0.15, 0.2) is 0 Å². The third kappa shape index (κ3) is 13.2. The van der Waals surface area contributed by atoms with E-state index in [1.54, 1.807) is 0 Å². The molecule has 0 fully saturated rings. The summed E-state index contributed by atoms with van der Waals surface area (Å²) in [6.07, 6.45) is 6.42. The van der Waals surface area contributed by atoms with E-state index in [0.717, 1.165) is 45.1 Å². The molecule has 6 nitrogen and oxygen atoms in total. The second-order valence-corrected chi connectivity index (χ2v) is 7.90. The van der Waals surface area contributed by atoms with Crippen LogP contribution < -0.4 is 5.32 Å². The van der Waals surface area contributed by atoms with E-state index in [1.165, 1.54) is 14.0 Å². The lowest BCUT2D eigenvalue weighted by molar-refractivity contribution is -0.118. The van der Waals surface area contributed by atoms with E-state index in [2.05, 4.69) is 10.2 Å². The van der Waals surface area contributed by atoms with Crippen molar-refractivity contribution in [2.24, 2.45) is 0 Å². The van der Waals surface area contributed by atoms with E-state index in [0.29, 0.717) is 6.61 Å². The van der Waals surface area contributed by atoms with Crippen LogP contribution in [0.4, 0.5) is 0 Å². The van der Waals surface area contributed by atoms with Gasteiger partial charge in [-0.15, -0.1) is 0 Å². The minimum Gasteiger partial charge on any atom is -0.356 e. The van der Waals surface area contributed by atoms with Crippen molar-refractivity contribution in [3.63, 3.8) is 0 Å². The Labute approximate surface area is 139 Å². The predicted octanol–water partition coefficient (Wildman–Crippen LogP) is 3.29. The largest absolute Gasteiger partial charge is 0.356 e. The molecule has 1 amide bonds. The molecule has 0 aromatic carbocycles. The summed E-state index contributed by atoms with van der Waals surface area (Å²) in [5.41, 5.74) is 0. The molecule has 0 bridgehead atoms. The molecule has 0 heterocycles. The van der Waals surface area contributed by atoms with Gasteiger partial charge in [0.2, 0.25) is 12.5 Å². The van der Waals surface area contributed by atoms with Gasteiger partial charge in [-0.2, -0.15) is 0 Å². The maximum absolute atomic E-state index is 10.7. The van der Waals surface area contributed by atoms with E-state index in [-0.39, 0.29) is 19.1 Å². The molecule has 1 atom stereocenters. The zero-order chi connectivity index (χ0) is 16.7. The first kappa shape index (κ1) is 21.5. The van der Waals surface area contributed by atoms with Gasteiger partial charge in [-0.3, -0.25) is 4.79 Å². The quantitative estimate of drug-likeness (QED) is 0.296. The Bertz CT molecular complexity index is 388. The van der Waals surface area contributed by atoms with Crippen molar-refractivity contribution in [2.45, 2.75) is 45.4 Å². The molecule has 0 aliphatic carbocycles. The SMILES string of the molecule is [C-]#[N+]CCOP(=S)(OC)OCCCCCCCCNC(C)=O. The second kappa shape index (κ2) is 14.1. The van der Waals surface area contributed by atoms with E-state index < -0.39 is 6.72 Å². The molecule has 0 saturated carbocycles. The third-order valence-corrected chi connectivity index (χ3v) is 5.40. The van der Waals surface area contributed by atoms with Gasteiger partial charge in [0.1, 0.15) is 6.61 Å². The van der Waals surface area contributed by atoms with E-state index in [4.69, 9.17) is 32.0 Å². The van der Waals surface area contributed by atoms with Crippen LogP contribution in [0.3, 0.4) is 0 Å². The molecule has 8 heteroatoms. The molecule has 0 aromatic heterocycles. The number of unbranched alkanes of at least 4 members (excludes halogenated alkanes) is 5. The highest BCUT2D eigenvalue weighted by Gasteiger charge is 2.18. The summed E-state index contributed by atoms with van der Waals surface area (Å²) >= 11 is 5.19. The van der Waals surface area contributed by atoms with Crippen LogP contribution >= 0.6 is 6.72 Å². The minimum atomic E-state index is -2.66. The van der Waals surface area contributed by atoms with Gasteiger partial charge in [0, 0.05) is 20.6 Å². The van der Waals surface area contributed by atoms with Gasteiger partial charge in [0.05, 0.1) is 6.61 Å². The summed E-state index contributed by atoms with van der Waals surface area (Å²) in [5, 5.41) is 2.79. The lowest BCUT2D eigenvalue weighted by atomic mass is 10.1. The third-order valence-electron chi connectivity index (χ3n) is 2.87. The summed E-state index contributed by atoms with van der Waals surface area (Å²) in [5.74, 6) is 0.0321. The number of carbonyl (C=O) groups excluding carboxylic acids is 1. The minimum absolute atomic E-state index is 0.0321. The van der Waals surface area contributed by atoms with E-state index in [9.17, 15) is 4.79 Å². The molecular weight excluding hydrogens is 323 g/mol. The smallest absolute Gasteiger partial charge is 0.327 e. The Morgan fingerprint density at radius 1 is 1.14 bits per heavy atom. The molecule has 128 valence electrons. The first-order chi connectivity index (χ1) is 10.5. The van der Waals surface area contributed by atoms with Crippen LogP contribution in [0.25, 0.3) is 4.85 Å². The monoisotopic (exact) mass is 350 g/mol. The fourth-order valence-electron chi connectivity index (χ4n) is 1.72. The van der Waals surface area contributed by atoms with Gasteiger partial charge < -0.3 is 23.7 Å². The molecule has 1 unspecified atom stereocenters. The highest BCUT2D eigenvalue weighted by atomic mass is 32.5. The summed E-state index contributed by atoms with van der Waals surface area (Å²) in [7, 11) is 1.48. The molecule has 0 aliphatic heterocycles. The van der Waals surface area contributed by atoms with Crippen molar-refractivity contribution in [3.8, 4) is 0 Å². The van der Waals surface area contributed by atoms with E-state index >= 15 is 0 Å². The lowest BCUT2D eigenvalue weighted by Crippen LogP contribution is -2.20. The van der Waals surface area contributed by atoms with Crippen molar-refractivity contribution in [3.05, 3.63) is 11.4 Å². The molecule has 0 radical (unpaired) electrons. The Morgan fingerprint density at radius 2 is 1.73 bits per heavy atom. The average Bonchev–Trinajstić information content (AvgIpc) is 2.49. The maximum Gasteiger partial charge on any atom is 0.327 e. The number of hydrogen-bond donors (Lipinski definition) is 1. The predicted molar refractivity (Wildman–Crippen MR) is 91.1 cm³/mol. The molecule has 22 heavy (non-hydrogen) atoms. The first-order valence-electron chi connectivity index (χ1n) is 7.56. The Morgan fingerprint density at radius 3 is 2.32 bits per heavy atom. The number of rotatable bonds is 14. The number of carbonyl (C=O) groups is 1. The molecule has 0 aliphatic rings. The summed E-state index contributed by atoms with van der Waals surface area (Å²) in [4.78, 5) is 13.9. The van der Waals surface area contributed by atoms with Crippen molar-refractivity contribution in [1.82, 2.24) is 5.32 Å². The standard InChI is InChI=1S/C14H27N2O4PS/c1-14(17)16-10-8-6-4-5-7-9-12-19-21(22,18-3)20-13-11-15-2/h4-13H2,1,3H3,(H,16,17). The average molecular weight is 350 g/mol. The Balaban J connectivity index is 3.49. The van der Waals surface area contributed by atoms with Gasteiger partial charge in [-0.25, -0.2) is 6.57 Å². The van der Waals surface area contributed by atoms with Crippen molar-refractivity contribution in [2.75, 3.05) is 33.4 Å². The number of amides is 1. The van der Waals surface area contributed by atoms with Crippen LogP contribution in [0.1, 0.15) is 45.4 Å². The van der Waals surface area contributed by atoms with Crippen LogP contribution in [0, 0.1) is 6.57 Å². The van der Waals surface area contributed by atoms with Gasteiger partial charge in [0.25, 0.3) is 0 Å². The van der Waals surface area contributed by atoms with Crippen LogP contribution in [-0.4, -0.2) is 39.3 Å². The molecule has 0 spiro atoms. The van der Waals surface area contributed by atoms with Gasteiger partial charge in [-0.05, 0) is 24.6 Å². The van der Waals surface area contributed by atoms with Crippen molar-refractivity contribution in [1.29, 1.82) is 0 Å². The summed E-state index contributed by atoms with van der Waals surface area (Å²) in [6.45, 7) is 7.36. The van der Waals surface area contributed by atoms with Crippen LogP contribution in [0.2, 0.25) is 0 Å². The number of nitrogens with zero attached hydrogens (tertiary/aromatic N) is 1. The number of hydrogen-bond acceptors (Lipinski definition) is 5. The molecule has 0 aromatic rings. The maximum atomic E-state index is 10.7. The lowest BCUT2D eigenvalue weighted by Gasteiger charge is -2.18. The molecule has 0 saturated heterocycles. The van der Waals surface area contributed by atoms with Crippen LogP contribution in [0.5, 0.6) is 0 Å². The zero-order valence-electron chi connectivity index (χ0n) is 13.5. The Hall–Kier alpha value is -0.510. The number of nitrogens with one attached hydrogen (secondary N) is 1. The second-order valence-electron chi connectivity index (χ2n) is 4.78. The topological polar surface area (TPSA) is 61.1 Å². The molecule has 1 N–H and O–H groups in total. The fourth-order valence-corrected chi connectivity index (χ4v) is 3.11. The first-order valence-corrected chi connectivity index (χ1v) is 10.1. The fraction of sp³-hybridized carbons (Fsp3) is 0.857. The van der Waals surface area contributed by atoms with Crippen LogP contribution in [0.15, 0.2) is 0 Å². The summed E-state index contributed by atoms with van der Waals surface area (Å²) in [6, 6.07) is 0. The van der Waals surface area contributed by atoms with Crippen LogP contribution in [-0.2, 0) is 30.2 Å². The normalized spacial score (nSPS) is 13.3. The molecular formula is C14H27N2O4PS. The van der Waals surface area contributed by atoms with Crippen molar-refractivity contribution >= 4 is 24.4 Å². The van der Waals surface area contributed by atoms with Crippen molar-refractivity contribution < 1.29 is 18.4 Å². The highest BCUT2D eigenvalue weighted by molar-refractivity contribution is 8.07. The summed E-state index contributed by atoms with van der Waals surface area (Å²) < 4.78 is 16.0. The highest BCUT2D eigenvalue weighted by Crippen LogP contribution is 2.48. The van der Waals surface area contributed by atoms with E-state index in [1.807, 2.05) is 0 Å². The molecule has 0 rings (SSSR count). The zero-order valence-corrected chi connectivity index (χ0v) is 15.2. The van der Waals surface area contributed by atoms with Gasteiger partial charge >= 0.3 is 6.72 Å².